The number of amides is 1. The molecule has 26 heavy (non-hydrogen) atoms. The van der Waals surface area contributed by atoms with E-state index in [-0.39, 0.29) is 16.8 Å². The molecule has 0 heterocycles. The van der Waals surface area contributed by atoms with Crippen LogP contribution in [-0.2, 0) is 10.0 Å². The number of para-hydroxylation sites is 1. The molecule has 1 amide bonds. The summed E-state index contributed by atoms with van der Waals surface area (Å²) in [6.45, 7) is 1.91. The van der Waals surface area contributed by atoms with E-state index in [0.29, 0.717) is 11.3 Å². The summed E-state index contributed by atoms with van der Waals surface area (Å²) in [7, 11) is -3.63. The average Bonchev–Trinajstić information content (AvgIpc) is 2.64. The fourth-order valence-electron chi connectivity index (χ4n) is 3.22. The zero-order chi connectivity index (χ0) is 18.6. The first kappa shape index (κ1) is 18.6. The summed E-state index contributed by atoms with van der Waals surface area (Å²) in [6, 6.07) is 13.6. The first-order valence-corrected chi connectivity index (χ1v) is 10.4. The fourth-order valence-corrected chi connectivity index (χ4v) is 4.57. The summed E-state index contributed by atoms with van der Waals surface area (Å²) in [5.41, 5.74) is 1.98. The van der Waals surface area contributed by atoms with Crippen molar-refractivity contribution in [1.29, 1.82) is 0 Å². The Morgan fingerprint density at radius 2 is 1.73 bits per heavy atom. The predicted octanol–water partition coefficient (Wildman–Crippen LogP) is 3.86. The van der Waals surface area contributed by atoms with E-state index in [4.69, 9.17) is 0 Å². The van der Waals surface area contributed by atoms with E-state index in [1.165, 1.54) is 12.1 Å². The van der Waals surface area contributed by atoms with Crippen LogP contribution in [0.1, 0.15) is 48.0 Å². The molecule has 0 radical (unpaired) electrons. The van der Waals surface area contributed by atoms with E-state index in [1.807, 2.05) is 31.2 Å². The first-order valence-electron chi connectivity index (χ1n) is 8.95. The van der Waals surface area contributed by atoms with Crippen molar-refractivity contribution in [1.82, 2.24) is 4.72 Å². The SMILES string of the molecule is Cc1ccccc1NC(=O)c1cccc(S(=O)(=O)NC2CCCCC2)c1. The van der Waals surface area contributed by atoms with Gasteiger partial charge in [0, 0.05) is 17.3 Å². The second kappa shape index (κ2) is 8.01. The molecule has 0 saturated heterocycles. The second-order valence-electron chi connectivity index (χ2n) is 6.75. The fraction of sp³-hybridized carbons (Fsp3) is 0.350. The summed E-state index contributed by atoms with van der Waals surface area (Å²) >= 11 is 0. The topological polar surface area (TPSA) is 75.3 Å². The highest BCUT2D eigenvalue weighted by Crippen LogP contribution is 2.21. The molecule has 0 aromatic heterocycles. The molecule has 1 fully saturated rings. The van der Waals surface area contributed by atoms with Crippen LogP contribution < -0.4 is 10.0 Å². The Balaban J connectivity index is 1.76. The highest BCUT2D eigenvalue weighted by atomic mass is 32.2. The molecule has 0 spiro atoms. The Morgan fingerprint density at radius 1 is 1.00 bits per heavy atom. The minimum absolute atomic E-state index is 0.0156. The molecule has 0 bridgehead atoms. The normalized spacial score (nSPS) is 15.6. The van der Waals surface area contributed by atoms with Gasteiger partial charge in [0.2, 0.25) is 10.0 Å². The summed E-state index contributed by atoms with van der Waals surface area (Å²) in [4.78, 5) is 12.6. The molecular formula is C20H24N2O3S. The Hall–Kier alpha value is -2.18. The maximum absolute atomic E-state index is 12.6. The van der Waals surface area contributed by atoms with Crippen molar-refractivity contribution in [3.63, 3.8) is 0 Å². The van der Waals surface area contributed by atoms with Gasteiger partial charge >= 0.3 is 0 Å². The molecule has 1 aliphatic rings. The molecule has 3 rings (SSSR count). The van der Waals surface area contributed by atoms with Crippen molar-refractivity contribution in [2.45, 2.75) is 50.0 Å². The minimum Gasteiger partial charge on any atom is -0.322 e. The van der Waals surface area contributed by atoms with Crippen LogP contribution in [0.5, 0.6) is 0 Å². The first-order chi connectivity index (χ1) is 12.5. The van der Waals surface area contributed by atoms with E-state index in [2.05, 4.69) is 10.0 Å². The number of aryl methyl sites for hydroxylation is 1. The van der Waals surface area contributed by atoms with Crippen molar-refractivity contribution in [3.05, 3.63) is 59.7 Å². The minimum atomic E-state index is -3.63. The molecule has 2 N–H and O–H groups in total. The second-order valence-corrected chi connectivity index (χ2v) is 8.47. The third-order valence-corrected chi connectivity index (χ3v) is 6.24. The number of benzene rings is 2. The van der Waals surface area contributed by atoms with Crippen LogP contribution >= 0.6 is 0 Å². The number of anilines is 1. The molecule has 5 nitrogen and oxygen atoms in total. The van der Waals surface area contributed by atoms with E-state index in [0.717, 1.165) is 37.7 Å². The van der Waals surface area contributed by atoms with Gasteiger partial charge < -0.3 is 5.32 Å². The Kier molecular flexibility index (Phi) is 5.74. The van der Waals surface area contributed by atoms with E-state index in [9.17, 15) is 13.2 Å². The summed E-state index contributed by atoms with van der Waals surface area (Å²) in [6.07, 6.45) is 4.99. The van der Waals surface area contributed by atoms with Crippen LogP contribution in [-0.4, -0.2) is 20.4 Å². The lowest BCUT2D eigenvalue weighted by atomic mass is 9.96. The molecule has 138 valence electrons. The number of carbonyl (C=O) groups is 1. The predicted molar refractivity (Wildman–Crippen MR) is 103 cm³/mol. The van der Waals surface area contributed by atoms with Crippen molar-refractivity contribution in [3.8, 4) is 0 Å². The van der Waals surface area contributed by atoms with Crippen molar-refractivity contribution in [2.24, 2.45) is 0 Å². The van der Waals surface area contributed by atoms with E-state index in [1.54, 1.807) is 12.1 Å². The maximum atomic E-state index is 12.6. The lowest BCUT2D eigenvalue weighted by Gasteiger charge is -2.22. The Bertz CT molecular complexity index is 887. The van der Waals surface area contributed by atoms with Gasteiger partial charge in [0.1, 0.15) is 0 Å². The molecule has 6 heteroatoms. The molecule has 1 aliphatic carbocycles. The number of nitrogens with one attached hydrogen (secondary N) is 2. The van der Waals surface area contributed by atoms with Gasteiger partial charge in [-0.1, -0.05) is 43.5 Å². The Morgan fingerprint density at radius 3 is 2.46 bits per heavy atom. The van der Waals surface area contributed by atoms with Crippen molar-refractivity contribution < 1.29 is 13.2 Å². The summed E-state index contributed by atoms with van der Waals surface area (Å²) in [5, 5.41) is 2.83. The number of rotatable bonds is 5. The summed E-state index contributed by atoms with van der Waals surface area (Å²) < 4.78 is 28.1. The number of hydrogen-bond acceptors (Lipinski definition) is 3. The zero-order valence-electron chi connectivity index (χ0n) is 14.9. The molecule has 0 unspecified atom stereocenters. The molecular weight excluding hydrogens is 348 g/mol. The van der Waals surface area contributed by atoms with Crippen molar-refractivity contribution in [2.75, 3.05) is 5.32 Å². The monoisotopic (exact) mass is 372 g/mol. The highest BCUT2D eigenvalue weighted by molar-refractivity contribution is 7.89. The van der Waals surface area contributed by atoms with Crippen LogP contribution in [0.15, 0.2) is 53.4 Å². The van der Waals surface area contributed by atoms with Gasteiger partial charge in [0.25, 0.3) is 5.91 Å². The Labute approximate surface area is 154 Å². The van der Waals surface area contributed by atoms with Crippen LogP contribution in [0, 0.1) is 6.92 Å². The third kappa shape index (κ3) is 4.51. The van der Waals surface area contributed by atoms with Gasteiger partial charge in [-0.15, -0.1) is 0 Å². The summed E-state index contributed by atoms with van der Waals surface area (Å²) in [5.74, 6) is -0.325. The molecule has 2 aromatic carbocycles. The lowest BCUT2D eigenvalue weighted by Crippen LogP contribution is -2.36. The highest BCUT2D eigenvalue weighted by Gasteiger charge is 2.22. The van der Waals surface area contributed by atoms with Crippen LogP contribution in [0.4, 0.5) is 5.69 Å². The van der Waals surface area contributed by atoms with Gasteiger partial charge in [-0.25, -0.2) is 13.1 Å². The molecule has 1 saturated carbocycles. The van der Waals surface area contributed by atoms with Gasteiger partial charge in [-0.2, -0.15) is 0 Å². The van der Waals surface area contributed by atoms with Crippen LogP contribution in [0.2, 0.25) is 0 Å². The lowest BCUT2D eigenvalue weighted by molar-refractivity contribution is 0.102. The van der Waals surface area contributed by atoms with Crippen LogP contribution in [0.25, 0.3) is 0 Å². The van der Waals surface area contributed by atoms with Crippen LogP contribution in [0.3, 0.4) is 0 Å². The van der Waals surface area contributed by atoms with E-state index < -0.39 is 10.0 Å². The number of carbonyl (C=O) groups excluding carboxylic acids is 1. The van der Waals surface area contributed by atoms with Gasteiger partial charge in [0.15, 0.2) is 0 Å². The molecule has 0 aliphatic heterocycles. The maximum Gasteiger partial charge on any atom is 0.255 e. The van der Waals surface area contributed by atoms with Gasteiger partial charge in [-0.05, 0) is 49.6 Å². The molecule has 0 atom stereocenters. The number of sulfonamides is 1. The van der Waals surface area contributed by atoms with Crippen molar-refractivity contribution >= 4 is 21.6 Å². The molecule has 2 aromatic rings. The quantitative estimate of drug-likeness (QED) is 0.837. The smallest absolute Gasteiger partial charge is 0.255 e. The van der Waals surface area contributed by atoms with Gasteiger partial charge in [-0.3, -0.25) is 4.79 Å². The number of hydrogen-bond donors (Lipinski definition) is 2. The average molecular weight is 372 g/mol. The zero-order valence-corrected chi connectivity index (χ0v) is 15.7. The third-order valence-electron chi connectivity index (χ3n) is 4.73. The largest absolute Gasteiger partial charge is 0.322 e. The van der Waals surface area contributed by atoms with E-state index >= 15 is 0 Å². The standard InChI is InChI=1S/C20H24N2O3S/c1-15-8-5-6-13-19(15)21-20(23)16-9-7-12-18(14-16)26(24,25)22-17-10-3-2-4-11-17/h5-9,12-14,17,22H,2-4,10-11H2,1H3,(H,21,23). The van der Waals surface area contributed by atoms with Gasteiger partial charge in [0.05, 0.1) is 4.90 Å².